The summed E-state index contributed by atoms with van der Waals surface area (Å²) < 4.78 is 11.4. The number of hydrogen-bond donors (Lipinski definition) is 1. The number of carbonyl (C=O) groups is 1. The van der Waals surface area contributed by atoms with Crippen molar-refractivity contribution in [2.24, 2.45) is 0 Å². The first-order chi connectivity index (χ1) is 10.1. The molecule has 0 unspecified atom stereocenters. The summed E-state index contributed by atoms with van der Waals surface area (Å²) in [7, 11) is 0. The summed E-state index contributed by atoms with van der Waals surface area (Å²) in [6.07, 6.45) is 0. The van der Waals surface area contributed by atoms with Gasteiger partial charge in [0.2, 0.25) is 6.79 Å². The van der Waals surface area contributed by atoms with Gasteiger partial charge in [0, 0.05) is 11.0 Å². The molecule has 21 heavy (non-hydrogen) atoms. The topological polar surface area (TPSA) is 47.6 Å². The van der Waals surface area contributed by atoms with Crippen LogP contribution in [0.4, 0.5) is 0 Å². The minimum absolute atomic E-state index is 0.223. The summed E-state index contributed by atoms with van der Waals surface area (Å²) in [6, 6.07) is 10.7. The van der Waals surface area contributed by atoms with Crippen LogP contribution in [-0.2, 0) is 6.54 Å². The zero-order valence-corrected chi connectivity index (χ0v) is 13.2. The lowest BCUT2D eigenvalue weighted by Crippen LogP contribution is -2.23. The summed E-state index contributed by atoms with van der Waals surface area (Å²) >= 11 is 9.36. The highest BCUT2D eigenvalue weighted by Gasteiger charge is 2.14. The molecular formula is C15H11BrClNO3. The molecule has 3 rings (SSSR count). The Labute approximate surface area is 135 Å². The van der Waals surface area contributed by atoms with E-state index < -0.39 is 0 Å². The van der Waals surface area contributed by atoms with Crippen molar-refractivity contribution >= 4 is 33.4 Å². The predicted molar refractivity (Wildman–Crippen MR) is 82.9 cm³/mol. The highest BCUT2D eigenvalue weighted by atomic mass is 79.9. The largest absolute Gasteiger partial charge is 0.454 e. The van der Waals surface area contributed by atoms with E-state index in [1.165, 1.54) is 0 Å². The molecule has 0 aromatic heterocycles. The van der Waals surface area contributed by atoms with Crippen LogP contribution >= 0.6 is 27.5 Å². The second kappa shape index (κ2) is 5.95. The number of halogens is 2. The van der Waals surface area contributed by atoms with E-state index in [2.05, 4.69) is 21.2 Å². The van der Waals surface area contributed by atoms with Crippen LogP contribution in [0, 0.1) is 0 Å². The van der Waals surface area contributed by atoms with E-state index in [1.54, 1.807) is 18.2 Å². The number of hydrogen-bond acceptors (Lipinski definition) is 3. The van der Waals surface area contributed by atoms with Gasteiger partial charge in [0.1, 0.15) is 0 Å². The van der Waals surface area contributed by atoms with Gasteiger partial charge in [-0.15, -0.1) is 0 Å². The Bertz CT molecular complexity index is 705. The molecule has 2 aromatic carbocycles. The molecule has 108 valence electrons. The first kappa shape index (κ1) is 14.2. The van der Waals surface area contributed by atoms with Gasteiger partial charge in [0.05, 0.1) is 10.6 Å². The molecular weight excluding hydrogens is 358 g/mol. The minimum atomic E-state index is -0.223. The number of nitrogens with one attached hydrogen (secondary N) is 1. The van der Waals surface area contributed by atoms with Gasteiger partial charge in [-0.3, -0.25) is 4.79 Å². The molecule has 1 amide bonds. The summed E-state index contributed by atoms with van der Waals surface area (Å²) in [5, 5.41) is 3.25. The van der Waals surface area contributed by atoms with Crippen molar-refractivity contribution in [1.82, 2.24) is 5.32 Å². The van der Waals surface area contributed by atoms with Crippen LogP contribution in [0.3, 0.4) is 0 Å². The van der Waals surface area contributed by atoms with Crippen LogP contribution in [0.25, 0.3) is 0 Å². The van der Waals surface area contributed by atoms with E-state index in [0.29, 0.717) is 22.9 Å². The molecule has 1 aliphatic heterocycles. The van der Waals surface area contributed by atoms with Gasteiger partial charge >= 0.3 is 0 Å². The lowest BCUT2D eigenvalue weighted by Gasteiger charge is -2.08. The summed E-state index contributed by atoms with van der Waals surface area (Å²) in [4.78, 5) is 12.2. The highest BCUT2D eigenvalue weighted by molar-refractivity contribution is 9.10. The Kier molecular flexibility index (Phi) is 4.03. The van der Waals surface area contributed by atoms with Crippen molar-refractivity contribution in [3.05, 3.63) is 57.0 Å². The van der Waals surface area contributed by atoms with Crippen LogP contribution < -0.4 is 14.8 Å². The zero-order valence-electron chi connectivity index (χ0n) is 10.9. The third-order valence-corrected chi connectivity index (χ3v) is 3.89. The van der Waals surface area contributed by atoms with Crippen molar-refractivity contribution in [2.75, 3.05) is 6.79 Å². The number of fused-ring (bicyclic) bond motifs is 1. The summed E-state index contributed by atoms with van der Waals surface area (Å²) in [5.41, 5.74) is 1.37. The number of amides is 1. The van der Waals surface area contributed by atoms with E-state index in [1.807, 2.05) is 18.2 Å². The van der Waals surface area contributed by atoms with E-state index >= 15 is 0 Å². The van der Waals surface area contributed by atoms with Crippen LogP contribution in [0.2, 0.25) is 5.02 Å². The summed E-state index contributed by atoms with van der Waals surface area (Å²) in [6.45, 7) is 0.622. The van der Waals surface area contributed by atoms with Gasteiger partial charge in [-0.05, 0) is 35.9 Å². The Hall–Kier alpha value is -1.72. The molecule has 0 bridgehead atoms. The van der Waals surface area contributed by atoms with Crippen LogP contribution in [0.1, 0.15) is 15.9 Å². The third kappa shape index (κ3) is 3.14. The number of benzene rings is 2. The van der Waals surface area contributed by atoms with Gasteiger partial charge in [-0.2, -0.15) is 0 Å². The van der Waals surface area contributed by atoms with Gasteiger partial charge in [-0.25, -0.2) is 0 Å². The monoisotopic (exact) mass is 367 g/mol. The lowest BCUT2D eigenvalue weighted by molar-refractivity contribution is 0.0951. The molecule has 1 N–H and O–H groups in total. The Morgan fingerprint density at radius 1 is 1.19 bits per heavy atom. The van der Waals surface area contributed by atoms with Gasteiger partial charge in [0.25, 0.3) is 5.91 Å². The lowest BCUT2D eigenvalue weighted by atomic mass is 10.1. The Morgan fingerprint density at radius 3 is 2.86 bits per heavy atom. The molecule has 4 nitrogen and oxygen atoms in total. The second-order valence-corrected chi connectivity index (χ2v) is 5.82. The molecule has 0 atom stereocenters. The van der Waals surface area contributed by atoms with Crippen LogP contribution in [0.15, 0.2) is 40.9 Å². The molecule has 0 radical (unpaired) electrons. The zero-order chi connectivity index (χ0) is 14.8. The van der Waals surface area contributed by atoms with Crippen LogP contribution in [0.5, 0.6) is 11.5 Å². The molecule has 1 heterocycles. The first-order valence-corrected chi connectivity index (χ1v) is 7.42. The van der Waals surface area contributed by atoms with Crippen molar-refractivity contribution < 1.29 is 14.3 Å². The molecule has 0 spiro atoms. The van der Waals surface area contributed by atoms with E-state index in [0.717, 1.165) is 15.8 Å². The predicted octanol–water partition coefficient (Wildman–Crippen LogP) is 3.76. The van der Waals surface area contributed by atoms with Crippen LogP contribution in [-0.4, -0.2) is 12.7 Å². The highest BCUT2D eigenvalue weighted by Crippen LogP contribution is 2.32. The van der Waals surface area contributed by atoms with E-state index in [4.69, 9.17) is 21.1 Å². The van der Waals surface area contributed by atoms with Crippen molar-refractivity contribution in [2.45, 2.75) is 6.54 Å². The SMILES string of the molecule is O=C(NCc1ccc2c(c1)OCO2)c1cc(Br)ccc1Cl. The molecule has 1 aliphatic rings. The van der Waals surface area contributed by atoms with E-state index in [9.17, 15) is 4.79 Å². The average Bonchev–Trinajstić information content (AvgIpc) is 2.94. The Morgan fingerprint density at radius 2 is 2.00 bits per heavy atom. The van der Waals surface area contributed by atoms with Gasteiger partial charge in [-0.1, -0.05) is 33.6 Å². The average molecular weight is 369 g/mol. The van der Waals surface area contributed by atoms with E-state index in [-0.39, 0.29) is 12.7 Å². The molecule has 2 aromatic rings. The fraction of sp³-hybridized carbons (Fsp3) is 0.133. The Balaban J connectivity index is 1.70. The molecule has 6 heteroatoms. The molecule has 0 saturated heterocycles. The third-order valence-electron chi connectivity index (χ3n) is 3.06. The maximum atomic E-state index is 12.2. The number of ether oxygens (including phenoxy) is 2. The number of carbonyl (C=O) groups excluding carboxylic acids is 1. The standard InChI is InChI=1S/C15H11BrClNO3/c16-10-2-3-12(17)11(6-10)15(19)18-7-9-1-4-13-14(5-9)21-8-20-13/h1-6H,7-8H2,(H,18,19). The fourth-order valence-electron chi connectivity index (χ4n) is 2.00. The maximum Gasteiger partial charge on any atom is 0.253 e. The minimum Gasteiger partial charge on any atom is -0.454 e. The summed E-state index contributed by atoms with van der Waals surface area (Å²) in [5.74, 6) is 1.20. The second-order valence-electron chi connectivity index (χ2n) is 4.49. The normalized spacial score (nSPS) is 12.3. The van der Waals surface area contributed by atoms with Gasteiger partial charge < -0.3 is 14.8 Å². The van der Waals surface area contributed by atoms with Gasteiger partial charge in [0.15, 0.2) is 11.5 Å². The smallest absolute Gasteiger partial charge is 0.253 e. The fourth-order valence-corrected chi connectivity index (χ4v) is 2.56. The number of rotatable bonds is 3. The quantitative estimate of drug-likeness (QED) is 0.897. The van der Waals surface area contributed by atoms with Crippen molar-refractivity contribution in [1.29, 1.82) is 0 Å². The molecule has 0 saturated carbocycles. The first-order valence-electron chi connectivity index (χ1n) is 6.25. The van der Waals surface area contributed by atoms with Crippen molar-refractivity contribution in [3.8, 4) is 11.5 Å². The van der Waals surface area contributed by atoms with Crippen molar-refractivity contribution in [3.63, 3.8) is 0 Å². The molecule has 0 fully saturated rings. The molecule has 0 aliphatic carbocycles. The maximum absolute atomic E-state index is 12.2.